The maximum atomic E-state index is 13.1. The molecule has 19 heavy (non-hydrogen) atoms. The van der Waals surface area contributed by atoms with E-state index in [-0.39, 0.29) is 16.9 Å². The molecule has 1 aliphatic heterocycles. The van der Waals surface area contributed by atoms with Crippen molar-refractivity contribution in [2.45, 2.75) is 6.10 Å². The Morgan fingerprint density at radius 2 is 2.00 bits per heavy atom. The molecule has 2 aromatic carbocycles. The van der Waals surface area contributed by atoms with Crippen LogP contribution in [0.5, 0.6) is 5.75 Å². The van der Waals surface area contributed by atoms with Crippen LogP contribution in [0, 0.1) is 11.6 Å². The van der Waals surface area contributed by atoms with Gasteiger partial charge < -0.3 is 10.1 Å². The van der Waals surface area contributed by atoms with E-state index in [1.165, 1.54) is 24.3 Å². The number of rotatable bonds is 1. The molecule has 0 fully saturated rings. The van der Waals surface area contributed by atoms with Crippen LogP contribution in [0.4, 0.5) is 14.5 Å². The molecular formula is C14H10ClF2NO. The zero-order valence-corrected chi connectivity index (χ0v) is 10.5. The van der Waals surface area contributed by atoms with Crippen LogP contribution in [-0.2, 0) is 0 Å². The Morgan fingerprint density at radius 1 is 1.16 bits per heavy atom. The van der Waals surface area contributed by atoms with Crippen LogP contribution in [0.25, 0.3) is 0 Å². The molecule has 1 atom stereocenters. The lowest BCUT2D eigenvalue weighted by Gasteiger charge is -2.27. The first kappa shape index (κ1) is 12.2. The molecular weight excluding hydrogens is 272 g/mol. The summed E-state index contributed by atoms with van der Waals surface area (Å²) in [5.74, 6) is -0.215. The minimum Gasteiger partial charge on any atom is -0.482 e. The van der Waals surface area contributed by atoms with E-state index in [0.29, 0.717) is 18.0 Å². The highest BCUT2D eigenvalue weighted by atomic mass is 35.5. The molecule has 1 heterocycles. The van der Waals surface area contributed by atoms with Crippen molar-refractivity contribution in [1.82, 2.24) is 0 Å². The molecule has 0 saturated carbocycles. The second-order valence-electron chi connectivity index (χ2n) is 4.30. The normalized spacial score (nSPS) is 17.3. The van der Waals surface area contributed by atoms with Crippen molar-refractivity contribution in [2.24, 2.45) is 0 Å². The fraction of sp³-hybridized carbons (Fsp3) is 0.143. The van der Waals surface area contributed by atoms with E-state index < -0.39 is 5.82 Å². The average molecular weight is 282 g/mol. The SMILES string of the molecule is Fc1ccc2c(c1)NCC(c1ccc(F)c(Cl)c1)O2. The van der Waals surface area contributed by atoms with Crippen molar-refractivity contribution in [1.29, 1.82) is 0 Å². The molecule has 0 spiro atoms. The van der Waals surface area contributed by atoms with Gasteiger partial charge in [-0.05, 0) is 29.8 Å². The number of hydrogen-bond acceptors (Lipinski definition) is 2. The summed E-state index contributed by atoms with van der Waals surface area (Å²) in [5.41, 5.74) is 1.39. The van der Waals surface area contributed by atoms with Crippen molar-refractivity contribution in [3.05, 3.63) is 58.6 Å². The quantitative estimate of drug-likeness (QED) is 0.847. The zero-order valence-electron chi connectivity index (χ0n) is 9.79. The molecule has 0 aromatic heterocycles. The molecule has 0 amide bonds. The number of benzene rings is 2. The maximum Gasteiger partial charge on any atom is 0.143 e. The van der Waals surface area contributed by atoms with E-state index in [0.717, 1.165) is 5.56 Å². The molecule has 0 saturated heterocycles. The molecule has 98 valence electrons. The molecule has 2 nitrogen and oxygen atoms in total. The highest BCUT2D eigenvalue weighted by molar-refractivity contribution is 6.30. The second-order valence-corrected chi connectivity index (χ2v) is 4.71. The standard InChI is InChI=1S/C14H10ClF2NO/c15-10-5-8(1-3-11(10)17)14-7-18-12-6-9(16)2-4-13(12)19-14/h1-6,14,18H,7H2. The van der Waals surface area contributed by atoms with Crippen LogP contribution >= 0.6 is 11.6 Å². The third kappa shape index (κ3) is 2.36. The molecule has 3 rings (SSSR count). The van der Waals surface area contributed by atoms with E-state index in [9.17, 15) is 8.78 Å². The van der Waals surface area contributed by atoms with Gasteiger partial charge in [0.2, 0.25) is 0 Å². The van der Waals surface area contributed by atoms with E-state index in [1.807, 2.05) is 0 Å². The lowest BCUT2D eigenvalue weighted by Crippen LogP contribution is -2.23. The molecule has 1 N–H and O–H groups in total. The van der Waals surface area contributed by atoms with Gasteiger partial charge in [0, 0.05) is 6.07 Å². The van der Waals surface area contributed by atoms with E-state index >= 15 is 0 Å². The Kier molecular flexibility index (Phi) is 3.03. The summed E-state index contributed by atoms with van der Waals surface area (Å²) in [6.45, 7) is 0.471. The summed E-state index contributed by atoms with van der Waals surface area (Å²) >= 11 is 5.75. The monoisotopic (exact) mass is 281 g/mol. The van der Waals surface area contributed by atoms with Crippen LogP contribution in [0.3, 0.4) is 0 Å². The fourth-order valence-electron chi connectivity index (χ4n) is 2.04. The van der Waals surface area contributed by atoms with Gasteiger partial charge in [0.1, 0.15) is 23.5 Å². The Labute approximate surface area is 114 Å². The van der Waals surface area contributed by atoms with Crippen LogP contribution in [0.2, 0.25) is 5.02 Å². The van der Waals surface area contributed by atoms with Gasteiger partial charge in [0.25, 0.3) is 0 Å². The Balaban J connectivity index is 1.89. The Hall–Kier alpha value is -1.81. The highest BCUT2D eigenvalue weighted by Gasteiger charge is 2.21. The van der Waals surface area contributed by atoms with Crippen molar-refractivity contribution in [2.75, 3.05) is 11.9 Å². The Morgan fingerprint density at radius 3 is 2.79 bits per heavy atom. The highest BCUT2D eigenvalue weighted by Crippen LogP contribution is 2.35. The molecule has 2 aromatic rings. The molecule has 1 unspecified atom stereocenters. The van der Waals surface area contributed by atoms with Gasteiger partial charge in [-0.25, -0.2) is 8.78 Å². The number of ether oxygens (including phenoxy) is 1. The topological polar surface area (TPSA) is 21.3 Å². The number of hydrogen-bond donors (Lipinski definition) is 1. The summed E-state index contributed by atoms with van der Waals surface area (Å²) in [6.07, 6.45) is -0.281. The molecule has 0 bridgehead atoms. The predicted octanol–water partition coefficient (Wildman–Crippen LogP) is 4.16. The fourth-order valence-corrected chi connectivity index (χ4v) is 2.23. The average Bonchev–Trinajstić information content (AvgIpc) is 2.41. The van der Waals surface area contributed by atoms with Crippen LogP contribution in [0.1, 0.15) is 11.7 Å². The van der Waals surface area contributed by atoms with Crippen molar-refractivity contribution >= 4 is 17.3 Å². The predicted molar refractivity (Wildman–Crippen MR) is 69.7 cm³/mol. The smallest absolute Gasteiger partial charge is 0.143 e. The van der Waals surface area contributed by atoms with Gasteiger partial charge in [-0.1, -0.05) is 17.7 Å². The van der Waals surface area contributed by atoms with Gasteiger partial charge in [-0.3, -0.25) is 0 Å². The lowest BCUT2D eigenvalue weighted by molar-refractivity contribution is 0.210. The summed E-state index contributed by atoms with van der Waals surface area (Å²) < 4.78 is 31.9. The maximum absolute atomic E-state index is 13.1. The minimum absolute atomic E-state index is 0.0611. The first-order chi connectivity index (χ1) is 9.13. The summed E-state index contributed by atoms with van der Waals surface area (Å²) in [4.78, 5) is 0. The third-order valence-corrected chi connectivity index (χ3v) is 3.29. The van der Waals surface area contributed by atoms with Crippen LogP contribution in [0.15, 0.2) is 36.4 Å². The van der Waals surface area contributed by atoms with Gasteiger partial charge >= 0.3 is 0 Å². The first-order valence-electron chi connectivity index (χ1n) is 5.78. The van der Waals surface area contributed by atoms with Crippen LogP contribution < -0.4 is 10.1 Å². The molecule has 0 aliphatic carbocycles. The van der Waals surface area contributed by atoms with E-state index in [1.54, 1.807) is 12.1 Å². The van der Waals surface area contributed by atoms with Crippen LogP contribution in [-0.4, -0.2) is 6.54 Å². The largest absolute Gasteiger partial charge is 0.482 e. The van der Waals surface area contributed by atoms with Crippen molar-refractivity contribution < 1.29 is 13.5 Å². The number of halogens is 3. The van der Waals surface area contributed by atoms with Crippen molar-refractivity contribution in [3.63, 3.8) is 0 Å². The molecule has 5 heteroatoms. The third-order valence-electron chi connectivity index (χ3n) is 3.00. The number of anilines is 1. The molecule has 1 aliphatic rings. The van der Waals surface area contributed by atoms with Crippen molar-refractivity contribution in [3.8, 4) is 5.75 Å². The second kappa shape index (κ2) is 4.70. The summed E-state index contributed by atoms with van der Waals surface area (Å²) in [7, 11) is 0. The molecule has 0 radical (unpaired) electrons. The van der Waals surface area contributed by atoms with Gasteiger partial charge in [0.15, 0.2) is 0 Å². The minimum atomic E-state index is -0.461. The lowest BCUT2D eigenvalue weighted by atomic mass is 10.1. The summed E-state index contributed by atoms with van der Waals surface area (Å²) in [5, 5.41) is 3.15. The zero-order chi connectivity index (χ0) is 13.4. The Bertz CT molecular complexity index is 633. The first-order valence-corrected chi connectivity index (χ1v) is 6.16. The number of nitrogens with one attached hydrogen (secondary N) is 1. The number of fused-ring (bicyclic) bond motifs is 1. The van der Waals surface area contributed by atoms with E-state index in [2.05, 4.69) is 5.32 Å². The van der Waals surface area contributed by atoms with Gasteiger partial charge in [-0.15, -0.1) is 0 Å². The van der Waals surface area contributed by atoms with E-state index in [4.69, 9.17) is 16.3 Å². The summed E-state index contributed by atoms with van der Waals surface area (Å²) in [6, 6.07) is 8.75. The van der Waals surface area contributed by atoms with Gasteiger partial charge in [0.05, 0.1) is 17.3 Å². The van der Waals surface area contributed by atoms with Gasteiger partial charge in [-0.2, -0.15) is 0 Å².